The molecule has 1 N–H and O–H groups in total. The van der Waals surface area contributed by atoms with Crippen LogP contribution in [0.2, 0.25) is 0 Å². The maximum absolute atomic E-state index is 13.0. The first-order chi connectivity index (χ1) is 14.3. The standard InChI is InChI=1S/C22H26BrN3O4/c1-14(20(28)24-2)26(13-15-7-9-16(23)10-8-15)19(27)11-12-25-21(29)17-5-3-4-6-18(17)22(25)30/h3-4,7-10,14,17-18H,5-6,11-13H2,1-2H3,(H,24,28)/t14-,17-,18+/m0/s1. The molecule has 1 fully saturated rings. The fraction of sp³-hybridized carbons (Fsp3) is 0.455. The first kappa shape index (κ1) is 22.2. The highest BCUT2D eigenvalue weighted by Gasteiger charge is 2.47. The van der Waals surface area contributed by atoms with Crippen molar-refractivity contribution in [2.45, 2.75) is 38.8 Å². The topological polar surface area (TPSA) is 86.8 Å². The Kier molecular flexibility index (Phi) is 7.07. The summed E-state index contributed by atoms with van der Waals surface area (Å²) in [6, 6.07) is 6.83. The molecule has 2 aliphatic rings. The molecule has 30 heavy (non-hydrogen) atoms. The maximum Gasteiger partial charge on any atom is 0.242 e. The molecule has 0 unspecified atom stereocenters. The molecule has 160 valence electrons. The Balaban J connectivity index is 1.69. The molecule has 0 saturated carbocycles. The van der Waals surface area contributed by atoms with Gasteiger partial charge in [0.25, 0.3) is 0 Å². The van der Waals surface area contributed by atoms with Crippen molar-refractivity contribution in [2.24, 2.45) is 11.8 Å². The number of benzene rings is 1. The van der Waals surface area contributed by atoms with Gasteiger partial charge < -0.3 is 10.2 Å². The van der Waals surface area contributed by atoms with Gasteiger partial charge in [0.1, 0.15) is 6.04 Å². The number of carbonyl (C=O) groups excluding carboxylic acids is 4. The minimum absolute atomic E-state index is 0.0117. The van der Waals surface area contributed by atoms with E-state index in [1.165, 1.54) is 16.8 Å². The van der Waals surface area contributed by atoms with Crippen LogP contribution in [0.25, 0.3) is 0 Å². The molecule has 0 radical (unpaired) electrons. The van der Waals surface area contributed by atoms with Gasteiger partial charge in [-0.2, -0.15) is 0 Å². The molecule has 1 aliphatic carbocycles. The number of hydrogen-bond acceptors (Lipinski definition) is 4. The van der Waals surface area contributed by atoms with E-state index in [1.54, 1.807) is 6.92 Å². The average Bonchev–Trinajstić information content (AvgIpc) is 3.00. The first-order valence-electron chi connectivity index (χ1n) is 10.1. The van der Waals surface area contributed by atoms with E-state index >= 15 is 0 Å². The summed E-state index contributed by atoms with van der Waals surface area (Å²) >= 11 is 3.39. The van der Waals surface area contributed by atoms with E-state index in [4.69, 9.17) is 0 Å². The summed E-state index contributed by atoms with van der Waals surface area (Å²) in [6.45, 7) is 1.97. The van der Waals surface area contributed by atoms with E-state index in [-0.39, 0.29) is 55.0 Å². The Morgan fingerprint density at radius 3 is 2.23 bits per heavy atom. The van der Waals surface area contributed by atoms with Crippen LogP contribution in [0.4, 0.5) is 0 Å². The lowest BCUT2D eigenvalue weighted by atomic mass is 9.85. The summed E-state index contributed by atoms with van der Waals surface area (Å²) in [5.74, 6) is -1.54. The predicted octanol–water partition coefficient (Wildman–Crippen LogP) is 2.25. The highest BCUT2D eigenvalue weighted by molar-refractivity contribution is 9.10. The van der Waals surface area contributed by atoms with E-state index in [0.717, 1.165) is 10.0 Å². The summed E-state index contributed by atoms with van der Waals surface area (Å²) in [7, 11) is 1.53. The number of likely N-dealkylation sites (N-methyl/N-ethyl adjacent to an activating group) is 1. The highest BCUT2D eigenvalue weighted by atomic mass is 79.9. The molecule has 3 rings (SSSR count). The molecule has 1 heterocycles. The Hall–Kier alpha value is -2.48. The van der Waals surface area contributed by atoms with Gasteiger partial charge in [-0.25, -0.2) is 0 Å². The van der Waals surface area contributed by atoms with E-state index in [2.05, 4.69) is 21.2 Å². The van der Waals surface area contributed by atoms with Gasteiger partial charge in [-0.1, -0.05) is 40.2 Å². The van der Waals surface area contributed by atoms with Crippen molar-refractivity contribution in [3.8, 4) is 0 Å². The average molecular weight is 476 g/mol. The molecule has 1 aromatic carbocycles. The zero-order valence-electron chi connectivity index (χ0n) is 17.1. The maximum atomic E-state index is 13.0. The van der Waals surface area contributed by atoms with Gasteiger partial charge >= 0.3 is 0 Å². The molecule has 0 aromatic heterocycles. The van der Waals surface area contributed by atoms with Crippen molar-refractivity contribution in [3.63, 3.8) is 0 Å². The molecule has 8 heteroatoms. The monoisotopic (exact) mass is 475 g/mol. The van der Waals surface area contributed by atoms with E-state index < -0.39 is 6.04 Å². The SMILES string of the molecule is CNC(=O)[C@H](C)N(Cc1ccc(Br)cc1)C(=O)CCN1C(=O)[C@H]2CC=CC[C@H]2C1=O. The minimum atomic E-state index is -0.678. The third kappa shape index (κ3) is 4.64. The molecular weight excluding hydrogens is 450 g/mol. The van der Waals surface area contributed by atoms with Gasteiger partial charge in [0.05, 0.1) is 11.8 Å². The molecular formula is C22H26BrN3O4. The number of nitrogens with zero attached hydrogens (tertiary/aromatic N) is 2. The fourth-order valence-electron chi connectivity index (χ4n) is 4.02. The molecule has 0 spiro atoms. The van der Waals surface area contributed by atoms with Crippen LogP contribution in [-0.4, -0.2) is 53.1 Å². The Bertz CT molecular complexity index is 842. The Morgan fingerprint density at radius 2 is 1.70 bits per heavy atom. The van der Waals surface area contributed by atoms with Gasteiger partial charge in [0.2, 0.25) is 23.6 Å². The molecule has 1 aliphatic heterocycles. The van der Waals surface area contributed by atoms with Gasteiger partial charge in [0.15, 0.2) is 0 Å². The number of nitrogens with one attached hydrogen (secondary N) is 1. The van der Waals surface area contributed by atoms with Crippen LogP contribution in [0, 0.1) is 11.8 Å². The summed E-state index contributed by atoms with van der Waals surface area (Å²) in [4.78, 5) is 53.2. The van der Waals surface area contributed by atoms with Crippen molar-refractivity contribution < 1.29 is 19.2 Å². The van der Waals surface area contributed by atoms with Gasteiger partial charge in [-0.3, -0.25) is 24.1 Å². The van der Waals surface area contributed by atoms with Crippen LogP contribution in [0.3, 0.4) is 0 Å². The van der Waals surface area contributed by atoms with Gasteiger partial charge in [-0.05, 0) is 37.5 Å². The van der Waals surface area contributed by atoms with E-state index in [9.17, 15) is 19.2 Å². The summed E-state index contributed by atoms with van der Waals surface area (Å²) < 4.78 is 0.922. The Labute approximate surface area is 184 Å². The first-order valence-corrected chi connectivity index (χ1v) is 10.9. The molecule has 7 nitrogen and oxygen atoms in total. The summed E-state index contributed by atoms with van der Waals surface area (Å²) in [5, 5.41) is 2.57. The number of likely N-dealkylation sites (tertiary alicyclic amines) is 1. The summed E-state index contributed by atoms with van der Waals surface area (Å²) in [5.41, 5.74) is 0.882. The fourth-order valence-corrected chi connectivity index (χ4v) is 4.28. The third-order valence-corrected chi connectivity index (χ3v) is 6.36. The largest absolute Gasteiger partial charge is 0.357 e. The number of allylic oxidation sites excluding steroid dienone is 2. The summed E-state index contributed by atoms with van der Waals surface area (Å²) in [6.07, 6.45) is 5.01. The van der Waals surface area contributed by atoms with Crippen LogP contribution >= 0.6 is 15.9 Å². The number of carbonyl (C=O) groups is 4. The second-order valence-corrected chi connectivity index (χ2v) is 8.59. The van der Waals surface area contributed by atoms with Crippen LogP contribution in [0.15, 0.2) is 40.9 Å². The number of rotatable bonds is 7. The van der Waals surface area contributed by atoms with Crippen molar-refractivity contribution in [2.75, 3.05) is 13.6 Å². The number of halogens is 1. The van der Waals surface area contributed by atoms with Crippen LogP contribution in [-0.2, 0) is 25.7 Å². The van der Waals surface area contributed by atoms with Crippen molar-refractivity contribution in [1.29, 1.82) is 0 Å². The number of hydrogen-bond donors (Lipinski definition) is 1. The van der Waals surface area contributed by atoms with Crippen molar-refractivity contribution >= 4 is 39.6 Å². The quantitative estimate of drug-likeness (QED) is 0.483. The number of fused-ring (bicyclic) bond motifs is 1. The molecule has 1 saturated heterocycles. The normalized spacial score (nSPS) is 21.4. The van der Waals surface area contributed by atoms with E-state index in [0.29, 0.717) is 12.8 Å². The second kappa shape index (κ2) is 9.55. The van der Waals surface area contributed by atoms with Crippen LogP contribution < -0.4 is 5.32 Å². The molecule has 1 aromatic rings. The highest BCUT2D eigenvalue weighted by Crippen LogP contribution is 2.35. The number of imide groups is 1. The van der Waals surface area contributed by atoms with Gasteiger partial charge in [0, 0.05) is 31.0 Å². The zero-order valence-corrected chi connectivity index (χ0v) is 18.7. The van der Waals surface area contributed by atoms with E-state index in [1.807, 2.05) is 36.4 Å². The minimum Gasteiger partial charge on any atom is -0.357 e. The lowest BCUT2D eigenvalue weighted by Gasteiger charge is -2.29. The second-order valence-electron chi connectivity index (χ2n) is 7.67. The van der Waals surface area contributed by atoms with Crippen molar-refractivity contribution in [3.05, 3.63) is 46.5 Å². The lowest BCUT2D eigenvalue weighted by molar-refractivity contribution is -0.143. The molecule has 0 bridgehead atoms. The predicted molar refractivity (Wildman–Crippen MR) is 115 cm³/mol. The smallest absolute Gasteiger partial charge is 0.242 e. The Morgan fingerprint density at radius 1 is 1.13 bits per heavy atom. The lowest BCUT2D eigenvalue weighted by Crippen LogP contribution is -2.47. The van der Waals surface area contributed by atoms with Crippen LogP contribution in [0.5, 0.6) is 0 Å². The zero-order chi connectivity index (χ0) is 21.8. The van der Waals surface area contributed by atoms with Gasteiger partial charge in [-0.15, -0.1) is 0 Å². The van der Waals surface area contributed by atoms with Crippen molar-refractivity contribution in [1.82, 2.24) is 15.1 Å². The third-order valence-electron chi connectivity index (χ3n) is 5.83. The molecule has 4 amide bonds. The number of amides is 4. The van der Waals surface area contributed by atoms with Crippen LogP contribution in [0.1, 0.15) is 31.7 Å². The molecule has 3 atom stereocenters.